The number of rotatable bonds is 11. The number of amides is 1. The fraction of sp³-hybridized carbons (Fsp3) is 0.759. The monoisotopic (exact) mass is 1050 g/mol. The maximum absolute atomic E-state index is 14.5. The molecule has 4 rings (SSSR count). The van der Waals surface area contributed by atoms with Gasteiger partial charge in [-0.05, 0) is 113 Å². The number of aliphatic hydroxyl groups excluding tert-OH is 1. The lowest BCUT2D eigenvalue weighted by Crippen LogP contribution is -2.61. The Morgan fingerprint density at radius 1 is 0.889 bits per heavy atom. The minimum Gasteiger partial charge on any atom is -0.460 e. The van der Waals surface area contributed by atoms with Crippen molar-refractivity contribution in [1.82, 2.24) is 4.90 Å². The fourth-order valence-corrected chi connectivity index (χ4v) is 12.3. The Kier molecular flexibility index (Phi) is 24.8. The molecule has 72 heavy (non-hydrogen) atoms. The number of carbonyl (C=O) groups excluding carboxylic acids is 5. The molecule has 408 valence electrons. The van der Waals surface area contributed by atoms with E-state index in [1.165, 1.54) is 18.7 Å². The van der Waals surface area contributed by atoms with Crippen molar-refractivity contribution >= 4 is 46.1 Å². The molecule has 1 aliphatic carbocycles. The molecule has 3 aliphatic heterocycles. The van der Waals surface area contributed by atoms with Crippen LogP contribution in [0.2, 0.25) is 0 Å². The van der Waals surface area contributed by atoms with Gasteiger partial charge in [-0.1, -0.05) is 71.1 Å². The maximum atomic E-state index is 14.5. The van der Waals surface area contributed by atoms with Crippen molar-refractivity contribution in [2.45, 2.75) is 180 Å². The first kappa shape index (κ1) is 61.8. The lowest BCUT2D eigenvalue weighted by atomic mass is 9.78. The number of aliphatic hydroxyl groups is 2. The van der Waals surface area contributed by atoms with Crippen LogP contribution in [0.3, 0.4) is 0 Å². The molecule has 18 heteroatoms. The standard InChI is InChI=1S/C54H87NO15P2/c1-33-17-13-12-14-18-34(2)45(64-8)31-41-22-20-39(7)54(62,69-41)51(59)52(60)55-24-16-15-19-42(55)53(61)68-46(32-43(56)35(3)28-38(6)49(58)50(66-10)48(57)37(5)27-33)36(4)29-40-21-23-44(47(30-40)65-9)70-72(11,63)67-25-26-71/h12-14,17-18,28,33,35-37,39-42,44-47,49-50,58,62H,15-16,19-27,29-32,71H2,1-11H3/b14-12+,17-13+,34-18+,38-28+/t33-,35-,36-,37?,39-,40+,41+,42?,44-,45+,46+,47-,49-,50+,54-,72?/m1/s1. The molecule has 3 fully saturated rings. The number of Topliss-reactive ketones (excluding diaryl/α,β-unsaturated/α-hetero) is 3. The largest absolute Gasteiger partial charge is 0.460 e. The van der Waals surface area contributed by atoms with Crippen LogP contribution in [-0.2, 0) is 61.3 Å². The number of hydrogen-bond acceptors (Lipinski definition) is 15. The topological polar surface area (TPSA) is 211 Å². The van der Waals surface area contributed by atoms with Crippen LogP contribution in [0.1, 0.15) is 126 Å². The molecule has 1 amide bonds. The van der Waals surface area contributed by atoms with E-state index in [1.807, 2.05) is 58.1 Å². The molecule has 17 atom stereocenters. The Bertz CT molecular complexity index is 2010. The van der Waals surface area contributed by atoms with E-state index >= 15 is 0 Å². The van der Waals surface area contributed by atoms with Gasteiger partial charge in [0, 0.05) is 65.1 Å². The number of carbonyl (C=O) groups is 5. The van der Waals surface area contributed by atoms with Crippen molar-refractivity contribution in [3.63, 3.8) is 0 Å². The Morgan fingerprint density at radius 3 is 2.28 bits per heavy atom. The zero-order chi connectivity index (χ0) is 53.5. The summed E-state index contributed by atoms with van der Waals surface area (Å²) in [5, 5.41) is 23.5. The maximum Gasteiger partial charge on any atom is 0.329 e. The van der Waals surface area contributed by atoms with Crippen LogP contribution in [0.15, 0.2) is 47.6 Å². The van der Waals surface area contributed by atoms with Crippen molar-refractivity contribution in [3.8, 4) is 0 Å². The van der Waals surface area contributed by atoms with Crippen LogP contribution in [0.25, 0.3) is 0 Å². The molecular formula is C54H87NO15P2. The Morgan fingerprint density at radius 2 is 1.61 bits per heavy atom. The average Bonchev–Trinajstić information content (AvgIpc) is 3.35. The van der Waals surface area contributed by atoms with Gasteiger partial charge in [0.25, 0.3) is 11.7 Å². The molecule has 0 aromatic carbocycles. The highest BCUT2D eigenvalue weighted by molar-refractivity contribution is 7.53. The highest BCUT2D eigenvalue weighted by Crippen LogP contribution is 2.48. The molecular weight excluding hydrogens is 965 g/mol. The van der Waals surface area contributed by atoms with Crippen molar-refractivity contribution in [2.24, 2.45) is 35.5 Å². The third-order valence-corrected chi connectivity index (χ3v) is 16.8. The van der Waals surface area contributed by atoms with E-state index in [1.54, 1.807) is 41.1 Å². The molecule has 0 aromatic heterocycles. The smallest absolute Gasteiger partial charge is 0.329 e. The quantitative estimate of drug-likeness (QED) is 0.0871. The Labute approximate surface area is 431 Å². The van der Waals surface area contributed by atoms with E-state index in [-0.39, 0.29) is 49.4 Å². The molecule has 0 radical (unpaired) electrons. The summed E-state index contributed by atoms with van der Waals surface area (Å²) in [7, 11) is 3.71. The first-order valence-electron chi connectivity index (χ1n) is 26.1. The number of allylic oxidation sites excluding steroid dienone is 6. The first-order valence-corrected chi connectivity index (χ1v) is 28.9. The average molecular weight is 1050 g/mol. The van der Waals surface area contributed by atoms with Crippen molar-refractivity contribution in [1.29, 1.82) is 0 Å². The van der Waals surface area contributed by atoms with E-state index in [0.717, 1.165) is 5.57 Å². The van der Waals surface area contributed by atoms with E-state index in [4.69, 9.17) is 32.7 Å². The van der Waals surface area contributed by atoms with Crippen molar-refractivity contribution in [2.75, 3.05) is 47.3 Å². The predicted octanol–water partition coefficient (Wildman–Crippen LogP) is 7.92. The third kappa shape index (κ3) is 17.1. The van der Waals surface area contributed by atoms with Crippen LogP contribution >= 0.6 is 16.8 Å². The summed E-state index contributed by atoms with van der Waals surface area (Å²) in [6.45, 7) is 14.4. The van der Waals surface area contributed by atoms with Gasteiger partial charge in [0.1, 0.15) is 30.1 Å². The van der Waals surface area contributed by atoms with Crippen molar-refractivity contribution < 1.29 is 71.5 Å². The van der Waals surface area contributed by atoms with Gasteiger partial charge in [-0.2, -0.15) is 0 Å². The zero-order valence-electron chi connectivity index (χ0n) is 44.8. The summed E-state index contributed by atoms with van der Waals surface area (Å²) < 4.78 is 54.4. The molecule has 2 N–H and O–H groups in total. The van der Waals surface area contributed by atoms with Crippen LogP contribution in [0.4, 0.5) is 0 Å². The molecule has 0 aromatic rings. The van der Waals surface area contributed by atoms with Gasteiger partial charge >= 0.3 is 13.6 Å². The summed E-state index contributed by atoms with van der Waals surface area (Å²) in [6, 6.07) is -1.17. The summed E-state index contributed by atoms with van der Waals surface area (Å²) in [6.07, 6.45) is 11.4. The lowest BCUT2D eigenvalue weighted by molar-refractivity contribution is -0.265. The van der Waals surface area contributed by atoms with Gasteiger partial charge in [0.05, 0.1) is 31.0 Å². The Balaban J connectivity index is 1.69. The number of ketones is 3. The fourth-order valence-electron chi connectivity index (χ4n) is 10.7. The molecule has 1 saturated carbocycles. The van der Waals surface area contributed by atoms with Crippen LogP contribution in [0, 0.1) is 35.5 Å². The van der Waals surface area contributed by atoms with Gasteiger partial charge in [0.15, 0.2) is 5.78 Å². The second-order valence-corrected chi connectivity index (χ2v) is 23.6. The Hall–Kier alpha value is -2.75. The van der Waals surface area contributed by atoms with Crippen LogP contribution < -0.4 is 0 Å². The summed E-state index contributed by atoms with van der Waals surface area (Å²) in [4.78, 5) is 72.5. The minimum atomic E-state index is -3.35. The van der Waals surface area contributed by atoms with Crippen molar-refractivity contribution in [3.05, 3.63) is 47.6 Å². The second-order valence-electron chi connectivity index (χ2n) is 21.1. The number of nitrogens with zero attached hydrogens (tertiary/aromatic N) is 1. The molecule has 4 aliphatic rings. The van der Waals surface area contributed by atoms with E-state index < -0.39 is 103 Å². The van der Waals surface area contributed by atoms with Gasteiger partial charge in [-0.25, -0.2) is 4.79 Å². The molecule has 2 saturated heterocycles. The number of esters is 1. The predicted molar refractivity (Wildman–Crippen MR) is 278 cm³/mol. The molecule has 16 nitrogen and oxygen atoms in total. The number of piperidine rings is 1. The van der Waals surface area contributed by atoms with E-state index in [2.05, 4.69) is 9.24 Å². The number of hydrogen-bond donors (Lipinski definition) is 2. The van der Waals surface area contributed by atoms with Crippen LogP contribution in [-0.4, -0.2) is 146 Å². The molecule has 2 bridgehead atoms. The van der Waals surface area contributed by atoms with Crippen LogP contribution in [0.5, 0.6) is 0 Å². The first-order chi connectivity index (χ1) is 34.0. The summed E-state index contributed by atoms with van der Waals surface area (Å²) in [5.74, 6) is -8.27. The minimum absolute atomic E-state index is 0.00589. The number of fused-ring (bicyclic) bond motifs is 3. The zero-order valence-corrected chi connectivity index (χ0v) is 46.9. The van der Waals surface area contributed by atoms with Gasteiger partial charge in [-0.15, -0.1) is 9.24 Å². The van der Waals surface area contributed by atoms with Gasteiger partial charge < -0.3 is 47.8 Å². The van der Waals surface area contributed by atoms with E-state index in [9.17, 15) is 38.8 Å². The second kappa shape index (κ2) is 29.0. The van der Waals surface area contributed by atoms with E-state index in [0.29, 0.717) is 75.9 Å². The normalized spacial score (nSPS) is 38.6. The number of methoxy groups -OCH3 is 3. The molecule has 3 heterocycles. The SMILES string of the molecule is CO[C@H]1C[C@@H]2CC[C@@H](C)[C@@](O)(O2)C(=O)C(=O)N2CCCCC2C(=O)O[C@H]([C@H](C)C[C@@H]2CC[C@@H](OP(C)(=O)OCCP)[C@H](OC)C2)CC(=O)[C@H](C)/C=C(\C)[C@@H](O)[C@@H](OC)C(=O)C(C)C[C@H](C)/C=C/C=C/C=C/1C. The van der Waals surface area contributed by atoms with Gasteiger partial charge in [0.2, 0.25) is 5.79 Å². The number of ether oxygens (including phenoxy) is 5. The lowest BCUT2D eigenvalue weighted by Gasteiger charge is -2.42. The molecule has 4 unspecified atom stereocenters. The van der Waals surface area contributed by atoms with Gasteiger partial charge in [-0.3, -0.25) is 23.7 Å². The highest BCUT2D eigenvalue weighted by atomic mass is 31.2. The third-order valence-electron chi connectivity index (χ3n) is 15.2. The number of cyclic esters (lactones) is 1. The highest BCUT2D eigenvalue weighted by Gasteiger charge is 2.53. The summed E-state index contributed by atoms with van der Waals surface area (Å²) >= 11 is 0. The molecule has 0 spiro atoms. The summed E-state index contributed by atoms with van der Waals surface area (Å²) in [5.41, 5.74) is 1.24.